The van der Waals surface area contributed by atoms with Gasteiger partial charge in [-0.25, -0.2) is 0 Å². The Morgan fingerprint density at radius 2 is 1.60 bits per heavy atom. The van der Waals surface area contributed by atoms with Crippen molar-refractivity contribution >= 4 is 12.0 Å². The van der Waals surface area contributed by atoms with Crippen molar-refractivity contribution in [1.29, 1.82) is 0 Å². The highest BCUT2D eigenvalue weighted by Gasteiger charge is 2.20. The van der Waals surface area contributed by atoms with Gasteiger partial charge in [-0.2, -0.15) is 0 Å². The number of pyridine rings is 1. The summed E-state index contributed by atoms with van der Waals surface area (Å²) in [4.78, 5) is 21.4. The normalized spacial score (nSPS) is 14.2. The molecule has 0 aliphatic carbocycles. The first-order valence-corrected chi connectivity index (χ1v) is 11.6. The van der Waals surface area contributed by atoms with Crippen molar-refractivity contribution in [2.75, 3.05) is 47.5 Å². The van der Waals surface area contributed by atoms with E-state index in [4.69, 9.17) is 14.2 Å². The SMILES string of the molecule is COc1cc(-c2cc(CN3CCN(C(=O)C=Cc4ccccc4)CC3)ccn2)cc(OC)c1OC. The van der Waals surface area contributed by atoms with Crippen molar-refractivity contribution in [3.63, 3.8) is 0 Å². The number of amides is 1. The first-order valence-electron chi connectivity index (χ1n) is 11.6. The van der Waals surface area contributed by atoms with E-state index in [1.54, 1.807) is 27.4 Å². The molecule has 1 fully saturated rings. The Balaban J connectivity index is 1.39. The molecule has 1 amide bonds. The number of benzene rings is 2. The molecule has 7 heteroatoms. The monoisotopic (exact) mass is 473 g/mol. The number of rotatable bonds is 8. The third-order valence-corrected chi connectivity index (χ3v) is 6.09. The lowest BCUT2D eigenvalue weighted by atomic mass is 10.1. The van der Waals surface area contributed by atoms with Gasteiger partial charge in [0.15, 0.2) is 11.5 Å². The molecule has 1 saturated heterocycles. The summed E-state index contributed by atoms with van der Waals surface area (Å²) in [6, 6.07) is 17.8. The highest BCUT2D eigenvalue weighted by atomic mass is 16.5. The zero-order valence-corrected chi connectivity index (χ0v) is 20.4. The minimum Gasteiger partial charge on any atom is -0.493 e. The molecule has 2 heterocycles. The Morgan fingerprint density at radius 1 is 0.914 bits per heavy atom. The second kappa shape index (κ2) is 11.5. The predicted molar refractivity (Wildman–Crippen MR) is 137 cm³/mol. The number of aromatic nitrogens is 1. The molecule has 3 aromatic rings. The average Bonchev–Trinajstić information content (AvgIpc) is 2.92. The highest BCUT2D eigenvalue weighted by Crippen LogP contribution is 2.40. The van der Waals surface area contributed by atoms with E-state index in [9.17, 15) is 4.79 Å². The molecular formula is C28H31N3O4. The van der Waals surface area contributed by atoms with Crippen LogP contribution in [0, 0.1) is 0 Å². The Labute approximate surface area is 206 Å². The Kier molecular flexibility index (Phi) is 8.00. The summed E-state index contributed by atoms with van der Waals surface area (Å²) in [5.74, 6) is 1.80. The van der Waals surface area contributed by atoms with E-state index >= 15 is 0 Å². The van der Waals surface area contributed by atoms with Gasteiger partial charge >= 0.3 is 0 Å². The molecule has 0 bridgehead atoms. The summed E-state index contributed by atoms with van der Waals surface area (Å²) >= 11 is 0. The Morgan fingerprint density at radius 3 is 2.23 bits per heavy atom. The number of nitrogens with zero attached hydrogens (tertiary/aromatic N) is 3. The van der Waals surface area contributed by atoms with Crippen molar-refractivity contribution < 1.29 is 19.0 Å². The maximum atomic E-state index is 12.6. The summed E-state index contributed by atoms with van der Waals surface area (Å²) in [7, 11) is 4.80. The van der Waals surface area contributed by atoms with Gasteiger partial charge in [-0.05, 0) is 41.5 Å². The van der Waals surface area contributed by atoms with Crippen molar-refractivity contribution in [2.24, 2.45) is 0 Å². The molecule has 1 aliphatic heterocycles. The molecule has 0 unspecified atom stereocenters. The lowest BCUT2D eigenvalue weighted by Crippen LogP contribution is -2.47. The van der Waals surface area contributed by atoms with E-state index in [1.807, 2.05) is 65.7 Å². The fraction of sp³-hybridized carbons (Fsp3) is 0.286. The van der Waals surface area contributed by atoms with Gasteiger partial charge in [0.05, 0.1) is 27.0 Å². The van der Waals surface area contributed by atoms with Crippen LogP contribution in [-0.4, -0.2) is 68.2 Å². The summed E-state index contributed by atoms with van der Waals surface area (Å²) in [5.41, 5.74) is 3.91. The maximum absolute atomic E-state index is 12.6. The van der Waals surface area contributed by atoms with Crippen molar-refractivity contribution in [3.8, 4) is 28.5 Å². The van der Waals surface area contributed by atoms with Gasteiger partial charge in [0.25, 0.3) is 0 Å². The zero-order valence-electron chi connectivity index (χ0n) is 20.4. The van der Waals surface area contributed by atoms with Crippen LogP contribution in [0.25, 0.3) is 17.3 Å². The van der Waals surface area contributed by atoms with Crippen molar-refractivity contribution in [2.45, 2.75) is 6.54 Å². The molecule has 1 aromatic heterocycles. The molecule has 0 N–H and O–H groups in total. The summed E-state index contributed by atoms with van der Waals surface area (Å²) in [6.45, 7) is 3.87. The standard InChI is InChI=1S/C28H31N3O4/c1-33-25-18-23(19-26(34-2)28(25)35-3)24-17-22(11-12-29-24)20-30-13-15-31(16-14-30)27(32)10-9-21-7-5-4-6-8-21/h4-12,17-19H,13-16,20H2,1-3H3. The highest BCUT2D eigenvalue weighted by molar-refractivity contribution is 5.91. The first-order chi connectivity index (χ1) is 17.1. The first kappa shape index (κ1) is 24.3. The van der Waals surface area contributed by atoms with Gasteiger partial charge in [0.1, 0.15) is 0 Å². The van der Waals surface area contributed by atoms with Gasteiger partial charge in [0.2, 0.25) is 11.7 Å². The van der Waals surface area contributed by atoms with E-state index < -0.39 is 0 Å². The smallest absolute Gasteiger partial charge is 0.246 e. The molecule has 2 aromatic carbocycles. The number of carbonyl (C=O) groups excluding carboxylic acids is 1. The lowest BCUT2D eigenvalue weighted by Gasteiger charge is -2.34. The Hall–Kier alpha value is -3.84. The number of hydrogen-bond donors (Lipinski definition) is 0. The number of hydrogen-bond acceptors (Lipinski definition) is 6. The van der Waals surface area contributed by atoms with Crippen molar-refractivity contribution in [1.82, 2.24) is 14.8 Å². The zero-order chi connectivity index (χ0) is 24.6. The molecule has 0 atom stereocenters. The fourth-order valence-electron chi connectivity index (χ4n) is 4.18. The molecule has 0 spiro atoms. The van der Waals surface area contributed by atoms with Gasteiger partial charge in [-0.15, -0.1) is 0 Å². The molecule has 4 rings (SSSR count). The number of methoxy groups -OCH3 is 3. The minimum absolute atomic E-state index is 0.0575. The molecular weight excluding hydrogens is 442 g/mol. The van der Waals surface area contributed by atoms with Crippen LogP contribution in [0.4, 0.5) is 0 Å². The average molecular weight is 474 g/mol. The van der Waals surface area contributed by atoms with Crippen LogP contribution in [0.3, 0.4) is 0 Å². The molecule has 7 nitrogen and oxygen atoms in total. The third kappa shape index (κ3) is 6.00. The number of ether oxygens (including phenoxy) is 3. The minimum atomic E-state index is 0.0575. The van der Waals surface area contributed by atoms with Gasteiger partial charge in [-0.1, -0.05) is 30.3 Å². The van der Waals surface area contributed by atoms with Crippen LogP contribution in [-0.2, 0) is 11.3 Å². The fourth-order valence-corrected chi connectivity index (χ4v) is 4.18. The van der Waals surface area contributed by atoms with Crippen LogP contribution in [0.5, 0.6) is 17.2 Å². The van der Waals surface area contributed by atoms with E-state index in [-0.39, 0.29) is 5.91 Å². The van der Waals surface area contributed by atoms with Gasteiger partial charge in [0, 0.05) is 50.6 Å². The van der Waals surface area contributed by atoms with E-state index in [0.717, 1.165) is 42.0 Å². The molecule has 35 heavy (non-hydrogen) atoms. The quantitative estimate of drug-likeness (QED) is 0.459. The second-order valence-corrected chi connectivity index (χ2v) is 8.31. The van der Waals surface area contributed by atoms with Crippen LogP contribution < -0.4 is 14.2 Å². The molecule has 182 valence electrons. The molecule has 0 saturated carbocycles. The lowest BCUT2D eigenvalue weighted by molar-refractivity contribution is -0.127. The Bertz CT molecular complexity index is 1150. The third-order valence-electron chi connectivity index (χ3n) is 6.09. The number of piperazine rings is 1. The maximum Gasteiger partial charge on any atom is 0.246 e. The number of carbonyl (C=O) groups is 1. The van der Waals surface area contributed by atoms with Crippen LogP contribution >= 0.6 is 0 Å². The molecule has 0 radical (unpaired) electrons. The van der Waals surface area contributed by atoms with Crippen LogP contribution in [0.1, 0.15) is 11.1 Å². The summed E-state index contributed by atoms with van der Waals surface area (Å²) in [6.07, 6.45) is 5.36. The largest absolute Gasteiger partial charge is 0.493 e. The van der Waals surface area contributed by atoms with Crippen LogP contribution in [0.2, 0.25) is 0 Å². The van der Waals surface area contributed by atoms with E-state index in [0.29, 0.717) is 30.3 Å². The van der Waals surface area contributed by atoms with Gasteiger partial charge < -0.3 is 19.1 Å². The van der Waals surface area contributed by atoms with Crippen molar-refractivity contribution in [3.05, 3.63) is 78.0 Å². The second-order valence-electron chi connectivity index (χ2n) is 8.31. The summed E-state index contributed by atoms with van der Waals surface area (Å²) in [5, 5.41) is 0. The van der Waals surface area contributed by atoms with E-state index in [1.165, 1.54) is 0 Å². The molecule has 1 aliphatic rings. The van der Waals surface area contributed by atoms with Gasteiger partial charge in [-0.3, -0.25) is 14.7 Å². The topological polar surface area (TPSA) is 64.1 Å². The van der Waals surface area contributed by atoms with E-state index in [2.05, 4.69) is 16.0 Å². The van der Waals surface area contributed by atoms with Crippen LogP contribution in [0.15, 0.2) is 66.9 Å². The summed E-state index contributed by atoms with van der Waals surface area (Å²) < 4.78 is 16.4. The predicted octanol–water partition coefficient (Wildman–Crippen LogP) is 4.13.